The van der Waals surface area contributed by atoms with Gasteiger partial charge in [-0.25, -0.2) is 9.78 Å². The van der Waals surface area contributed by atoms with Crippen LogP contribution in [0.5, 0.6) is 0 Å². The predicted molar refractivity (Wildman–Crippen MR) is 85.8 cm³/mol. The van der Waals surface area contributed by atoms with Gasteiger partial charge in [0, 0.05) is 11.4 Å². The lowest BCUT2D eigenvalue weighted by atomic mass is 9.81. The molecule has 0 saturated heterocycles. The minimum atomic E-state index is -0.425. The van der Waals surface area contributed by atoms with Gasteiger partial charge in [-0.05, 0) is 65.2 Å². The van der Waals surface area contributed by atoms with Crippen LogP contribution in [-0.4, -0.2) is 23.2 Å². The quantitative estimate of drug-likeness (QED) is 0.908. The van der Waals surface area contributed by atoms with E-state index in [9.17, 15) is 4.79 Å². The van der Waals surface area contributed by atoms with E-state index in [-0.39, 0.29) is 6.09 Å². The summed E-state index contributed by atoms with van der Waals surface area (Å²) >= 11 is 1.78. The van der Waals surface area contributed by atoms with Gasteiger partial charge in [-0.15, -0.1) is 11.3 Å². The number of aryl methyl sites for hydroxylation is 1. The number of alkyl carbamates (subject to hydrolysis) is 1. The molecule has 0 aliphatic heterocycles. The second kappa shape index (κ2) is 6.77. The molecule has 0 spiro atoms. The highest BCUT2D eigenvalue weighted by molar-refractivity contribution is 7.09. The maximum absolute atomic E-state index is 11.7. The summed E-state index contributed by atoms with van der Waals surface area (Å²) in [4.78, 5) is 17.5. The van der Waals surface area contributed by atoms with Gasteiger partial charge in [-0.3, -0.25) is 0 Å². The first kappa shape index (κ1) is 16.3. The normalized spacial score (nSPS) is 22.9. The highest BCUT2D eigenvalue weighted by Gasteiger charge is 2.25. The molecule has 1 aliphatic carbocycles. The molecule has 0 aromatic carbocycles. The van der Waals surface area contributed by atoms with Crippen LogP contribution >= 0.6 is 11.3 Å². The van der Waals surface area contributed by atoms with Crippen LogP contribution in [0, 0.1) is 12.8 Å². The van der Waals surface area contributed by atoms with E-state index < -0.39 is 5.60 Å². The van der Waals surface area contributed by atoms with Crippen molar-refractivity contribution in [3.8, 4) is 0 Å². The summed E-state index contributed by atoms with van der Waals surface area (Å²) in [5.74, 6) is 1.23. The number of carbonyl (C=O) groups is 1. The number of carbonyl (C=O) groups excluding carboxylic acids is 1. The van der Waals surface area contributed by atoms with Crippen molar-refractivity contribution in [3.63, 3.8) is 0 Å². The molecule has 0 unspecified atom stereocenters. The van der Waals surface area contributed by atoms with E-state index in [2.05, 4.69) is 17.2 Å². The van der Waals surface area contributed by atoms with Crippen molar-refractivity contribution in [3.05, 3.63) is 16.1 Å². The number of nitrogens with zero attached hydrogens (tertiary/aromatic N) is 1. The first-order valence-electron chi connectivity index (χ1n) is 7.72. The zero-order valence-corrected chi connectivity index (χ0v) is 14.3. The van der Waals surface area contributed by atoms with Crippen molar-refractivity contribution in [1.29, 1.82) is 0 Å². The van der Waals surface area contributed by atoms with Crippen molar-refractivity contribution in [2.24, 2.45) is 5.92 Å². The lowest BCUT2D eigenvalue weighted by Gasteiger charge is -2.28. The molecular weight excluding hydrogens is 284 g/mol. The van der Waals surface area contributed by atoms with Crippen LogP contribution < -0.4 is 5.32 Å². The Kier molecular flexibility index (Phi) is 5.25. The summed E-state index contributed by atoms with van der Waals surface area (Å²) in [6.45, 7) is 8.48. The van der Waals surface area contributed by atoms with Gasteiger partial charge >= 0.3 is 6.09 Å². The Balaban J connectivity index is 1.72. The molecule has 5 heteroatoms. The Bertz CT molecular complexity index is 471. The van der Waals surface area contributed by atoms with E-state index in [0.717, 1.165) is 19.4 Å². The van der Waals surface area contributed by atoms with Gasteiger partial charge in [0.15, 0.2) is 0 Å². The van der Waals surface area contributed by atoms with E-state index in [1.165, 1.54) is 23.4 Å². The van der Waals surface area contributed by atoms with Crippen LogP contribution in [0.4, 0.5) is 4.79 Å². The minimum Gasteiger partial charge on any atom is -0.444 e. The third-order valence-electron chi connectivity index (χ3n) is 3.93. The zero-order chi connectivity index (χ0) is 15.5. The monoisotopic (exact) mass is 310 g/mol. The number of hydrogen-bond acceptors (Lipinski definition) is 4. The van der Waals surface area contributed by atoms with Crippen LogP contribution in [0.1, 0.15) is 62.9 Å². The second-order valence-corrected chi connectivity index (χ2v) is 7.79. The number of amides is 1. The molecule has 1 saturated carbocycles. The Morgan fingerprint density at radius 1 is 1.38 bits per heavy atom. The van der Waals surface area contributed by atoms with Crippen molar-refractivity contribution in [2.45, 2.75) is 64.9 Å². The lowest BCUT2D eigenvalue weighted by Crippen LogP contribution is -2.36. The lowest BCUT2D eigenvalue weighted by molar-refractivity contribution is 0.0515. The number of thiazole rings is 1. The van der Waals surface area contributed by atoms with Gasteiger partial charge in [-0.1, -0.05) is 0 Å². The summed E-state index contributed by atoms with van der Waals surface area (Å²) in [6, 6.07) is 0. The number of aromatic nitrogens is 1. The van der Waals surface area contributed by atoms with Crippen molar-refractivity contribution in [2.75, 3.05) is 6.54 Å². The summed E-state index contributed by atoms with van der Waals surface area (Å²) in [7, 11) is 0. The number of nitrogens with one attached hydrogen (secondary N) is 1. The molecule has 1 N–H and O–H groups in total. The van der Waals surface area contributed by atoms with Gasteiger partial charge in [0.25, 0.3) is 0 Å². The van der Waals surface area contributed by atoms with E-state index >= 15 is 0 Å². The van der Waals surface area contributed by atoms with Crippen LogP contribution in [0.25, 0.3) is 0 Å². The van der Waals surface area contributed by atoms with Crippen LogP contribution in [0.3, 0.4) is 0 Å². The van der Waals surface area contributed by atoms with Crippen molar-refractivity contribution < 1.29 is 9.53 Å². The average Bonchev–Trinajstić information content (AvgIpc) is 2.81. The van der Waals surface area contributed by atoms with Crippen LogP contribution in [0.2, 0.25) is 0 Å². The number of ether oxygens (including phenoxy) is 1. The molecule has 118 valence electrons. The molecule has 1 aliphatic rings. The Hall–Kier alpha value is -1.10. The van der Waals surface area contributed by atoms with Crippen LogP contribution in [0.15, 0.2) is 5.51 Å². The zero-order valence-electron chi connectivity index (χ0n) is 13.4. The van der Waals surface area contributed by atoms with E-state index in [1.54, 1.807) is 11.3 Å². The molecule has 1 heterocycles. The summed E-state index contributed by atoms with van der Waals surface area (Å²) in [5.41, 5.74) is 2.71. The fourth-order valence-corrected chi connectivity index (χ4v) is 3.85. The van der Waals surface area contributed by atoms with Gasteiger partial charge in [0.05, 0.1) is 11.2 Å². The fourth-order valence-electron chi connectivity index (χ4n) is 2.87. The van der Waals surface area contributed by atoms with Gasteiger partial charge in [0.1, 0.15) is 5.60 Å². The number of rotatable bonds is 3. The highest BCUT2D eigenvalue weighted by atomic mass is 32.1. The smallest absolute Gasteiger partial charge is 0.407 e. The summed E-state index contributed by atoms with van der Waals surface area (Å²) in [5, 5.41) is 2.90. The van der Waals surface area contributed by atoms with Crippen LogP contribution in [-0.2, 0) is 4.74 Å². The molecule has 2 rings (SSSR count). The maximum atomic E-state index is 11.7. The molecule has 1 aromatic heterocycles. The predicted octanol–water partition coefficient (Wildman–Crippen LogP) is 4.25. The van der Waals surface area contributed by atoms with Gasteiger partial charge < -0.3 is 10.1 Å². The molecule has 4 nitrogen and oxygen atoms in total. The van der Waals surface area contributed by atoms with E-state index in [1.807, 2.05) is 26.3 Å². The van der Waals surface area contributed by atoms with E-state index in [0.29, 0.717) is 11.8 Å². The molecule has 1 aromatic rings. The van der Waals surface area contributed by atoms with Gasteiger partial charge in [0.2, 0.25) is 0 Å². The van der Waals surface area contributed by atoms with E-state index in [4.69, 9.17) is 4.74 Å². The van der Waals surface area contributed by atoms with Crippen molar-refractivity contribution in [1.82, 2.24) is 10.3 Å². The van der Waals surface area contributed by atoms with Gasteiger partial charge in [-0.2, -0.15) is 0 Å². The molecule has 1 fully saturated rings. The maximum Gasteiger partial charge on any atom is 0.407 e. The first-order valence-corrected chi connectivity index (χ1v) is 8.60. The third-order valence-corrected chi connectivity index (χ3v) is 5.03. The highest BCUT2D eigenvalue weighted by Crippen LogP contribution is 2.38. The standard InChI is InChI=1S/C16H26N2O2S/c1-11-14(21-10-18-11)13-7-5-12(6-8-13)9-17-15(19)20-16(2,3)4/h10,12-13H,5-9H2,1-4H3,(H,17,19). The third kappa shape index (κ3) is 4.99. The largest absolute Gasteiger partial charge is 0.444 e. The molecule has 0 atom stereocenters. The Labute approximate surface area is 131 Å². The molecule has 21 heavy (non-hydrogen) atoms. The van der Waals surface area contributed by atoms with Crippen molar-refractivity contribution >= 4 is 17.4 Å². The molecule has 1 amide bonds. The summed E-state index contributed by atoms with van der Waals surface area (Å²) in [6.07, 6.45) is 4.42. The summed E-state index contributed by atoms with van der Waals surface area (Å²) < 4.78 is 5.27. The topological polar surface area (TPSA) is 51.2 Å². The fraction of sp³-hybridized carbons (Fsp3) is 0.750. The first-order chi connectivity index (χ1) is 9.85. The molecule has 0 bridgehead atoms. The SMILES string of the molecule is Cc1ncsc1C1CCC(CNC(=O)OC(C)(C)C)CC1. The second-order valence-electron chi connectivity index (χ2n) is 6.90. The average molecular weight is 310 g/mol. The number of hydrogen-bond donors (Lipinski definition) is 1. The molecule has 0 radical (unpaired) electrons. The Morgan fingerprint density at radius 2 is 2.05 bits per heavy atom. The minimum absolute atomic E-state index is 0.303. The Morgan fingerprint density at radius 3 is 2.57 bits per heavy atom. The molecular formula is C16H26N2O2S.